The summed E-state index contributed by atoms with van der Waals surface area (Å²) in [6.07, 6.45) is 2.43. The number of anilines is 1. The molecule has 2 heterocycles. The first kappa shape index (κ1) is 12.0. The van der Waals surface area contributed by atoms with E-state index in [2.05, 4.69) is 12.2 Å². The van der Waals surface area contributed by atoms with Gasteiger partial charge in [-0.2, -0.15) is 0 Å². The number of carbonyl (C=O) groups excluding carboxylic acids is 2. The number of nitrogens with zero attached hydrogens (tertiary/aromatic N) is 1. The highest BCUT2D eigenvalue weighted by atomic mass is 16.2. The van der Waals surface area contributed by atoms with Crippen molar-refractivity contribution in [1.82, 2.24) is 4.57 Å². The zero-order valence-electron chi connectivity index (χ0n) is 10.9. The summed E-state index contributed by atoms with van der Waals surface area (Å²) >= 11 is 0. The minimum absolute atomic E-state index is 0.0688. The van der Waals surface area contributed by atoms with Crippen molar-refractivity contribution in [3.05, 3.63) is 30.0 Å². The van der Waals surface area contributed by atoms with E-state index in [1.807, 2.05) is 28.8 Å². The van der Waals surface area contributed by atoms with Crippen LogP contribution in [0, 0.1) is 0 Å². The molecule has 4 heteroatoms. The summed E-state index contributed by atoms with van der Waals surface area (Å²) < 4.78 is 1.85. The Labute approximate surface area is 111 Å². The number of hydrogen-bond donors (Lipinski definition) is 1. The van der Waals surface area contributed by atoms with E-state index in [9.17, 15) is 9.59 Å². The molecule has 0 radical (unpaired) electrons. The van der Waals surface area contributed by atoms with Crippen LogP contribution in [0.1, 0.15) is 36.7 Å². The van der Waals surface area contributed by atoms with Crippen molar-refractivity contribution in [1.29, 1.82) is 0 Å². The molecule has 1 aromatic carbocycles. The van der Waals surface area contributed by atoms with Crippen LogP contribution in [0.3, 0.4) is 0 Å². The van der Waals surface area contributed by atoms with Gasteiger partial charge in [-0.05, 0) is 18.6 Å². The minimum atomic E-state index is -0.0688. The molecule has 0 atom stereocenters. The second-order valence-electron chi connectivity index (χ2n) is 4.93. The number of ketones is 1. The Morgan fingerprint density at radius 2 is 2.26 bits per heavy atom. The molecule has 0 aliphatic carbocycles. The molecular weight excluding hydrogens is 240 g/mol. The Hall–Kier alpha value is -2.10. The lowest BCUT2D eigenvalue weighted by molar-refractivity contribution is -0.116. The lowest BCUT2D eigenvalue weighted by Gasteiger charge is -2.18. The molecule has 0 unspecified atom stereocenters. The highest BCUT2D eigenvalue weighted by Gasteiger charge is 2.23. The number of unbranched alkanes of at least 4 members (excludes halogenated alkanes) is 1. The fourth-order valence-electron chi connectivity index (χ4n) is 2.62. The summed E-state index contributed by atoms with van der Waals surface area (Å²) in [5, 5.41) is 3.86. The molecule has 19 heavy (non-hydrogen) atoms. The Morgan fingerprint density at radius 1 is 1.42 bits per heavy atom. The van der Waals surface area contributed by atoms with Crippen molar-refractivity contribution in [2.75, 3.05) is 5.32 Å². The van der Waals surface area contributed by atoms with E-state index >= 15 is 0 Å². The summed E-state index contributed by atoms with van der Waals surface area (Å²) in [6.45, 7) is 2.30. The number of hydrogen-bond acceptors (Lipinski definition) is 2. The molecule has 1 N–H and O–H groups in total. The Kier molecular flexibility index (Phi) is 2.85. The van der Waals surface area contributed by atoms with Gasteiger partial charge in [0.1, 0.15) is 6.54 Å². The predicted octanol–water partition coefficient (Wildman–Crippen LogP) is 2.97. The van der Waals surface area contributed by atoms with Crippen LogP contribution >= 0.6 is 0 Å². The molecule has 0 saturated heterocycles. The van der Waals surface area contributed by atoms with Crippen LogP contribution in [0.4, 0.5) is 5.69 Å². The van der Waals surface area contributed by atoms with E-state index in [-0.39, 0.29) is 18.2 Å². The molecule has 3 rings (SSSR count). The third-order valence-corrected chi connectivity index (χ3v) is 3.54. The van der Waals surface area contributed by atoms with Gasteiger partial charge in [-0.25, -0.2) is 0 Å². The minimum Gasteiger partial charge on any atom is -0.327 e. The highest BCUT2D eigenvalue weighted by molar-refractivity contribution is 6.09. The summed E-state index contributed by atoms with van der Waals surface area (Å²) in [4.78, 5) is 24.0. The summed E-state index contributed by atoms with van der Waals surface area (Å²) in [5.74, 6) is 0.0550. The molecular formula is C15H16N2O2. The number of amides is 1. The molecule has 2 aromatic rings. The maximum atomic E-state index is 12.2. The van der Waals surface area contributed by atoms with Crippen LogP contribution < -0.4 is 5.32 Å². The van der Waals surface area contributed by atoms with Gasteiger partial charge in [0.25, 0.3) is 0 Å². The van der Waals surface area contributed by atoms with Gasteiger partial charge in [-0.15, -0.1) is 0 Å². The molecule has 1 aliphatic heterocycles. The van der Waals surface area contributed by atoms with Gasteiger partial charge in [0.2, 0.25) is 5.91 Å². The van der Waals surface area contributed by atoms with E-state index in [1.165, 1.54) is 0 Å². The van der Waals surface area contributed by atoms with Gasteiger partial charge in [-0.1, -0.05) is 25.5 Å². The van der Waals surface area contributed by atoms with Gasteiger partial charge in [0.05, 0.1) is 16.9 Å². The number of carbonyl (C=O) groups is 2. The lowest BCUT2D eigenvalue weighted by Crippen LogP contribution is -2.25. The highest BCUT2D eigenvalue weighted by Crippen LogP contribution is 2.30. The summed E-state index contributed by atoms with van der Waals surface area (Å²) in [5.41, 5.74) is 2.41. The van der Waals surface area contributed by atoms with Gasteiger partial charge < -0.3 is 9.88 Å². The Bertz CT molecular complexity index is 670. The van der Waals surface area contributed by atoms with Gasteiger partial charge in [-0.3, -0.25) is 9.59 Å². The van der Waals surface area contributed by atoms with Crippen molar-refractivity contribution in [2.24, 2.45) is 0 Å². The third kappa shape index (κ3) is 1.93. The van der Waals surface area contributed by atoms with E-state index in [0.717, 1.165) is 29.4 Å². The van der Waals surface area contributed by atoms with E-state index < -0.39 is 0 Å². The molecule has 1 amide bonds. The van der Waals surface area contributed by atoms with Crippen LogP contribution in [0.25, 0.3) is 10.9 Å². The number of aromatic nitrogens is 1. The zero-order chi connectivity index (χ0) is 13.4. The second kappa shape index (κ2) is 4.53. The average molecular weight is 256 g/mol. The average Bonchev–Trinajstić information content (AvgIpc) is 2.76. The van der Waals surface area contributed by atoms with Crippen molar-refractivity contribution in [3.8, 4) is 0 Å². The topological polar surface area (TPSA) is 51.1 Å². The fourth-order valence-corrected chi connectivity index (χ4v) is 2.62. The molecule has 0 fully saturated rings. The van der Waals surface area contributed by atoms with Crippen molar-refractivity contribution in [2.45, 2.75) is 32.7 Å². The number of para-hydroxylation sites is 1. The third-order valence-electron chi connectivity index (χ3n) is 3.54. The summed E-state index contributed by atoms with van der Waals surface area (Å²) in [7, 11) is 0. The van der Waals surface area contributed by atoms with Crippen LogP contribution in [0.15, 0.2) is 24.3 Å². The zero-order valence-corrected chi connectivity index (χ0v) is 10.9. The van der Waals surface area contributed by atoms with Crippen molar-refractivity contribution in [3.63, 3.8) is 0 Å². The standard InChI is InChI=1S/C15H16N2O2/c1-2-3-7-13(18)12-8-10-5-4-6-11-15(10)17(12)9-14(19)16-11/h4-6,8H,2-3,7,9H2,1H3,(H,16,19). The normalized spacial score (nSPS) is 13.6. The lowest BCUT2D eigenvalue weighted by atomic mass is 10.1. The molecule has 0 spiro atoms. The van der Waals surface area contributed by atoms with Crippen LogP contribution in [0.2, 0.25) is 0 Å². The van der Waals surface area contributed by atoms with E-state index in [4.69, 9.17) is 0 Å². The van der Waals surface area contributed by atoms with Crippen LogP contribution in [0.5, 0.6) is 0 Å². The van der Waals surface area contributed by atoms with Crippen molar-refractivity contribution < 1.29 is 9.59 Å². The quantitative estimate of drug-likeness (QED) is 0.855. The second-order valence-corrected chi connectivity index (χ2v) is 4.93. The SMILES string of the molecule is CCCCC(=O)c1cc2cccc3c2n1CC(=O)N3. The Morgan fingerprint density at radius 3 is 3.05 bits per heavy atom. The molecule has 0 bridgehead atoms. The maximum Gasteiger partial charge on any atom is 0.244 e. The van der Waals surface area contributed by atoms with Gasteiger partial charge >= 0.3 is 0 Å². The number of Topliss-reactive ketones (excluding diaryl/α,β-unsaturated/α-hetero) is 1. The first-order valence-electron chi connectivity index (χ1n) is 6.66. The summed E-state index contributed by atoms with van der Waals surface area (Å²) in [6, 6.07) is 7.64. The van der Waals surface area contributed by atoms with E-state index in [0.29, 0.717) is 12.1 Å². The van der Waals surface area contributed by atoms with Crippen LogP contribution in [-0.2, 0) is 11.3 Å². The fraction of sp³-hybridized carbons (Fsp3) is 0.333. The molecule has 1 aliphatic rings. The predicted molar refractivity (Wildman–Crippen MR) is 74.4 cm³/mol. The Balaban J connectivity index is 2.12. The van der Waals surface area contributed by atoms with Crippen LogP contribution in [-0.4, -0.2) is 16.3 Å². The first-order valence-corrected chi connectivity index (χ1v) is 6.66. The molecule has 1 aromatic heterocycles. The molecule has 4 nitrogen and oxygen atoms in total. The van der Waals surface area contributed by atoms with E-state index in [1.54, 1.807) is 0 Å². The van der Waals surface area contributed by atoms with Gasteiger partial charge in [0.15, 0.2) is 5.78 Å². The largest absolute Gasteiger partial charge is 0.327 e. The smallest absolute Gasteiger partial charge is 0.244 e. The van der Waals surface area contributed by atoms with Gasteiger partial charge in [0, 0.05) is 11.8 Å². The number of rotatable bonds is 4. The monoisotopic (exact) mass is 256 g/mol. The number of nitrogens with one attached hydrogen (secondary N) is 1. The number of benzene rings is 1. The molecule has 0 saturated carbocycles. The van der Waals surface area contributed by atoms with Crippen molar-refractivity contribution >= 4 is 28.3 Å². The molecule has 98 valence electrons. The first-order chi connectivity index (χ1) is 9.20. The maximum absolute atomic E-state index is 12.2.